The summed E-state index contributed by atoms with van der Waals surface area (Å²) >= 11 is 0. The summed E-state index contributed by atoms with van der Waals surface area (Å²) in [4.78, 5) is 0. The van der Waals surface area contributed by atoms with Crippen molar-refractivity contribution in [3.8, 4) is 0 Å². The number of alkyl halides is 1. The van der Waals surface area contributed by atoms with Gasteiger partial charge in [0.15, 0.2) is 0 Å². The molecule has 0 aliphatic heterocycles. The topological polar surface area (TPSA) is 32.3 Å². The Morgan fingerprint density at radius 2 is 2.10 bits per heavy atom. The fraction of sp³-hybridized carbons (Fsp3) is 1.00. The van der Waals surface area contributed by atoms with Crippen molar-refractivity contribution >= 4 is 0 Å². The molecule has 0 saturated carbocycles. The average molecular weight is 149 g/mol. The molecule has 0 bridgehead atoms. The molecular weight excluding hydrogens is 133 g/mol. The van der Waals surface area contributed by atoms with Gasteiger partial charge in [0.2, 0.25) is 0 Å². The summed E-state index contributed by atoms with van der Waals surface area (Å²) in [6, 6.07) is 0. The van der Waals surface area contributed by atoms with Crippen LogP contribution in [0.5, 0.6) is 0 Å². The zero-order valence-electron chi connectivity index (χ0n) is 6.65. The normalized spacial score (nSPS) is 12.0. The summed E-state index contributed by atoms with van der Waals surface area (Å²) in [5.41, 5.74) is -0.684. The van der Waals surface area contributed by atoms with Gasteiger partial charge in [0.05, 0.1) is 12.3 Å². The average Bonchev–Trinajstić information content (AvgIpc) is 1.78. The maximum atomic E-state index is 11.5. The van der Waals surface area contributed by atoms with Crippen LogP contribution in [0.4, 0.5) is 4.39 Å². The minimum absolute atomic E-state index is 0.293. The standard InChI is InChI=1S/C7H16FNO/c1-7(2,10)6-9-5-3-4-8/h9-10H,3-6H2,1-2H3. The summed E-state index contributed by atoms with van der Waals surface area (Å²) in [6.45, 7) is 4.30. The van der Waals surface area contributed by atoms with E-state index in [2.05, 4.69) is 5.32 Å². The van der Waals surface area contributed by atoms with Crippen molar-refractivity contribution < 1.29 is 9.50 Å². The first kappa shape index (κ1) is 9.85. The zero-order chi connectivity index (χ0) is 8.04. The van der Waals surface area contributed by atoms with Gasteiger partial charge in [-0.1, -0.05) is 0 Å². The molecule has 0 atom stereocenters. The predicted octanol–water partition coefficient (Wildman–Crippen LogP) is 0.706. The molecule has 0 saturated heterocycles. The monoisotopic (exact) mass is 149 g/mol. The summed E-state index contributed by atoms with van der Waals surface area (Å²) in [7, 11) is 0. The maximum absolute atomic E-state index is 11.5. The SMILES string of the molecule is CC(C)(O)CNCCCF. The Morgan fingerprint density at radius 3 is 2.50 bits per heavy atom. The molecule has 0 rings (SSSR count). The Bertz CT molecular complexity index is 80.2. The Morgan fingerprint density at radius 1 is 1.50 bits per heavy atom. The van der Waals surface area contributed by atoms with E-state index in [-0.39, 0.29) is 6.67 Å². The van der Waals surface area contributed by atoms with Crippen molar-refractivity contribution in [3.05, 3.63) is 0 Å². The van der Waals surface area contributed by atoms with Crippen LogP contribution in [0.2, 0.25) is 0 Å². The molecule has 0 amide bonds. The molecule has 62 valence electrons. The zero-order valence-corrected chi connectivity index (χ0v) is 6.65. The van der Waals surface area contributed by atoms with Crippen LogP contribution >= 0.6 is 0 Å². The molecule has 0 unspecified atom stereocenters. The van der Waals surface area contributed by atoms with E-state index in [0.29, 0.717) is 19.5 Å². The molecule has 0 aliphatic carbocycles. The van der Waals surface area contributed by atoms with Gasteiger partial charge in [-0.25, -0.2) is 0 Å². The molecule has 0 heterocycles. The van der Waals surface area contributed by atoms with Gasteiger partial charge in [0.1, 0.15) is 0 Å². The lowest BCUT2D eigenvalue weighted by Gasteiger charge is -2.17. The van der Waals surface area contributed by atoms with Gasteiger partial charge in [-0.15, -0.1) is 0 Å². The van der Waals surface area contributed by atoms with Gasteiger partial charge in [-0.05, 0) is 26.8 Å². The van der Waals surface area contributed by atoms with Crippen LogP contribution in [0.25, 0.3) is 0 Å². The van der Waals surface area contributed by atoms with Gasteiger partial charge in [0.25, 0.3) is 0 Å². The summed E-state index contributed by atoms with van der Waals surface area (Å²) in [5, 5.41) is 12.1. The van der Waals surface area contributed by atoms with Crippen molar-refractivity contribution in [2.45, 2.75) is 25.9 Å². The van der Waals surface area contributed by atoms with E-state index in [1.807, 2.05) is 0 Å². The smallest absolute Gasteiger partial charge is 0.0906 e. The number of aliphatic hydroxyl groups is 1. The van der Waals surface area contributed by atoms with E-state index < -0.39 is 5.60 Å². The van der Waals surface area contributed by atoms with E-state index in [4.69, 9.17) is 5.11 Å². The van der Waals surface area contributed by atoms with E-state index in [0.717, 1.165) is 0 Å². The quantitative estimate of drug-likeness (QED) is 0.564. The highest BCUT2D eigenvalue weighted by Crippen LogP contribution is 1.96. The lowest BCUT2D eigenvalue weighted by atomic mass is 10.1. The Kier molecular flexibility index (Phi) is 4.56. The van der Waals surface area contributed by atoms with E-state index in [1.54, 1.807) is 13.8 Å². The minimum atomic E-state index is -0.684. The molecule has 2 N–H and O–H groups in total. The lowest BCUT2D eigenvalue weighted by Crippen LogP contribution is -2.35. The number of hydrogen-bond acceptors (Lipinski definition) is 2. The van der Waals surface area contributed by atoms with Crippen LogP contribution in [-0.2, 0) is 0 Å². The minimum Gasteiger partial charge on any atom is -0.389 e. The highest BCUT2D eigenvalue weighted by molar-refractivity contribution is 4.67. The molecule has 0 aromatic heterocycles. The van der Waals surface area contributed by atoms with Crippen LogP contribution in [0, 0.1) is 0 Å². The molecule has 0 fully saturated rings. The molecule has 3 heteroatoms. The summed E-state index contributed by atoms with van der Waals surface area (Å²) < 4.78 is 11.5. The first-order chi connectivity index (χ1) is 4.56. The first-order valence-corrected chi connectivity index (χ1v) is 3.55. The Labute approximate surface area is 61.4 Å². The fourth-order valence-corrected chi connectivity index (χ4v) is 0.586. The van der Waals surface area contributed by atoms with E-state index in [9.17, 15) is 4.39 Å². The van der Waals surface area contributed by atoms with Crippen LogP contribution in [0.1, 0.15) is 20.3 Å². The highest BCUT2D eigenvalue weighted by atomic mass is 19.1. The third kappa shape index (κ3) is 7.85. The van der Waals surface area contributed by atoms with Gasteiger partial charge in [0, 0.05) is 6.54 Å². The number of rotatable bonds is 5. The molecular formula is C7H16FNO. The van der Waals surface area contributed by atoms with Crippen molar-refractivity contribution in [1.29, 1.82) is 0 Å². The summed E-state index contributed by atoms with van der Waals surface area (Å²) in [6.07, 6.45) is 0.524. The predicted molar refractivity (Wildman–Crippen MR) is 39.8 cm³/mol. The number of nitrogens with one attached hydrogen (secondary N) is 1. The Balaban J connectivity index is 3.04. The van der Waals surface area contributed by atoms with Gasteiger partial charge < -0.3 is 10.4 Å². The van der Waals surface area contributed by atoms with Gasteiger partial charge in [-0.3, -0.25) is 4.39 Å². The molecule has 0 aromatic rings. The molecule has 10 heavy (non-hydrogen) atoms. The molecule has 0 radical (unpaired) electrons. The number of halogens is 1. The highest BCUT2D eigenvalue weighted by Gasteiger charge is 2.10. The lowest BCUT2D eigenvalue weighted by molar-refractivity contribution is 0.0798. The first-order valence-electron chi connectivity index (χ1n) is 3.55. The number of hydrogen-bond donors (Lipinski definition) is 2. The molecule has 0 aromatic carbocycles. The van der Waals surface area contributed by atoms with E-state index >= 15 is 0 Å². The summed E-state index contributed by atoms with van der Waals surface area (Å²) in [5.74, 6) is 0. The third-order valence-corrected chi connectivity index (χ3v) is 1.04. The van der Waals surface area contributed by atoms with Crippen LogP contribution in [0.15, 0.2) is 0 Å². The molecule has 2 nitrogen and oxygen atoms in total. The van der Waals surface area contributed by atoms with Crippen LogP contribution in [0.3, 0.4) is 0 Å². The van der Waals surface area contributed by atoms with Crippen LogP contribution < -0.4 is 5.32 Å². The van der Waals surface area contributed by atoms with Crippen molar-refractivity contribution in [1.82, 2.24) is 5.32 Å². The van der Waals surface area contributed by atoms with Gasteiger partial charge in [-0.2, -0.15) is 0 Å². The molecule has 0 spiro atoms. The Hall–Kier alpha value is -0.150. The maximum Gasteiger partial charge on any atom is 0.0906 e. The largest absolute Gasteiger partial charge is 0.389 e. The van der Waals surface area contributed by atoms with Crippen molar-refractivity contribution in [2.75, 3.05) is 19.8 Å². The molecule has 0 aliphatic rings. The van der Waals surface area contributed by atoms with Crippen molar-refractivity contribution in [3.63, 3.8) is 0 Å². The van der Waals surface area contributed by atoms with Crippen LogP contribution in [-0.4, -0.2) is 30.5 Å². The fourth-order valence-electron chi connectivity index (χ4n) is 0.586. The second-order valence-corrected chi connectivity index (χ2v) is 3.03. The third-order valence-electron chi connectivity index (χ3n) is 1.04. The second kappa shape index (κ2) is 4.63. The second-order valence-electron chi connectivity index (χ2n) is 3.03. The van der Waals surface area contributed by atoms with Crippen molar-refractivity contribution in [2.24, 2.45) is 0 Å². The van der Waals surface area contributed by atoms with Gasteiger partial charge >= 0.3 is 0 Å². The van der Waals surface area contributed by atoms with E-state index in [1.165, 1.54) is 0 Å².